The molecule has 6 heteroatoms. The summed E-state index contributed by atoms with van der Waals surface area (Å²) in [6, 6.07) is 0. The Kier molecular flexibility index (Phi) is 6.43. The Morgan fingerprint density at radius 2 is 1.96 bits per heavy atom. The van der Waals surface area contributed by atoms with Crippen LogP contribution in [0.15, 0.2) is 0 Å². The highest BCUT2D eigenvalue weighted by Crippen LogP contribution is 2.19. The molecule has 0 aliphatic carbocycles. The van der Waals surface area contributed by atoms with E-state index >= 15 is 0 Å². The molecule has 0 bridgehead atoms. The second kappa shape index (κ2) is 8.33. The van der Waals surface area contributed by atoms with Gasteiger partial charge in [0.25, 0.3) is 5.91 Å². The maximum atomic E-state index is 12.3. The molecule has 1 aliphatic heterocycles. The van der Waals surface area contributed by atoms with Crippen LogP contribution < -0.4 is 5.32 Å². The van der Waals surface area contributed by atoms with Crippen LogP contribution in [0.2, 0.25) is 0 Å². The van der Waals surface area contributed by atoms with Crippen LogP contribution in [0.25, 0.3) is 0 Å². The summed E-state index contributed by atoms with van der Waals surface area (Å²) in [5.74, 6) is 0.252. The number of likely N-dealkylation sites (tertiary alicyclic amines) is 1. The van der Waals surface area contributed by atoms with Crippen LogP contribution in [0.3, 0.4) is 0 Å². The lowest BCUT2D eigenvalue weighted by Crippen LogP contribution is -2.35. The van der Waals surface area contributed by atoms with Crippen molar-refractivity contribution in [2.24, 2.45) is 5.92 Å². The van der Waals surface area contributed by atoms with Gasteiger partial charge in [-0.3, -0.25) is 4.79 Å². The number of rotatable bonds is 6. The third-order valence-corrected chi connectivity index (χ3v) is 4.87. The lowest BCUT2D eigenvalue weighted by Gasteiger charge is -2.30. The fourth-order valence-corrected chi connectivity index (χ4v) is 3.26. The van der Waals surface area contributed by atoms with Crippen molar-refractivity contribution in [3.63, 3.8) is 0 Å². The van der Waals surface area contributed by atoms with Gasteiger partial charge in [-0.1, -0.05) is 6.92 Å². The number of ether oxygens (including phenoxy) is 1. The van der Waals surface area contributed by atoms with Gasteiger partial charge in [-0.2, -0.15) is 0 Å². The standard InChI is InChI=1S/C18H29N3O3/c1-12-6-10-21(11-7-12)9-5-8-19-17(22)16-13(2)15(14(3)20-16)18(23)24-4/h12,20H,5-11H2,1-4H3,(H,19,22). The van der Waals surface area contributed by atoms with Crippen LogP contribution in [-0.2, 0) is 4.74 Å². The second-order valence-corrected chi connectivity index (χ2v) is 6.75. The molecule has 2 heterocycles. The maximum Gasteiger partial charge on any atom is 0.339 e. The van der Waals surface area contributed by atoms with Gasteiger partial charge in [0.05, 0.1) is 12.7 Å². The molecule has 2 N–H and O–H groups in total. The predicted octanol–water partition coefficient (Wildman–Crippen LogP) is 2.27. The number of piperidine rings is 1. The number of hydrogen-bond acceptors (Lipinski definition) is 4. The van der Waals surface area contributed by atoms with Crippen LogP contribution in [0.5, 0.6) is 0 Å². The molecular weight excluding hydrogens is 306 g/mol. The minimum absolute atomic E-state index is 0.169. The van der Waals surface area contributed by atoms with Crippen molar-refractivity contribution in [3.05, 3.63) is 22.5 Å². The first kappa shape index (κ1) is 18.5. The number of esters is 1. The molecule has 1 aliphatic rings. The Labute approximate surface area is 143 Å². The highest BCUT2D eigenvalue weighted by Gasteiger charge is 2.22. The molecular formula is C18H29N3O3. The Hall–Kier alpha value is -1.82. The van der Waals surface area contributed by atoms with E-state index in [0.29, 0.717) is 29.1 Å². The van der Waals surface area contributed by atoms with Crippen LogP contribution in [0, 0.1) is 19.8 Å². The van der Waals surface area contributed by atoms with E-state index in [1.807, 2.05) is 0 Å². The third-order valence-electron chi connectivity index (χ3n) is 4.87. The van der Waals surface area contributed by atoms with Gasteiger partial charge >= 0.3 is 5.97 Å². The van der Waals surface area contributed by atoms with Crippen molar-refractivity contribution < 1.29 is 14.3 Å². The van der Waals surface area contributed by atoms with E-state index in [2.05, 4.69) is 22.1 Å². The molecule has 0 spiro atoms. The van der Waals surface area contributed by atoms with E-state index in [1.54, 1.807) is 13.8 Å². The molecule has 0 aromatic carbocycles. The Bertz CT molecular complexity index is 587. The van der Waals surface area contributed by atoms with E-state index in [-0.39, 0.29) is 5.91 Å². The number of aromatic amines is 1. The lowest BCUT2D eigenvalue weighted by atomic mass is 9.99. The minimum atomic E-state index is -0.417. The summed E-state index contributed by atoms with van der Waals surface area (Å²) >= 11 is 0. The maximum absolute atomic E-state index is 12.3. The molecule has 6 nitrogen and oxygen atoms in total. The fourth-order valence-electron chi connectivity index (χ4n) is 3.26. The smallest absolute Gasteiger partial charge is 0.339 e. The Morgan fingerprint density at radius 3 is 2.58 bits per heavy atom. The SMILES string of the molecule is COC(=O)c1c(C)[nH]c(C(=O)NCCCN2CCC(C)CC2)c1C. The summed E-state index contributed by atoms with van der Waals surface area (Å²) in [6.07, 6.45) is 3.47. The number of hydrogen-bond donors (Lipinski definition) is 2. The largest absolute Gasteiger partial charge is 0.465 e. The highest BCUT2D eigenvalue weighted by molar-refractivity contribution is 6.00. The molecule has 1 aromatic rings. The average molecular weight is 335 g/mol. The number of nitrogens with zero attached hydrogens (tertiary/aromatic N) is 1. The summed E-state index contributed by atoms with van der Waals surface area (Å²) in [5, 5.41) is 2.94. The number of aryl methyl sites for hydroxylation is 1. The van der Waals surface area contributed by atoms with Gasteiger partial charge in [-0.15, -0.1) is 0 Å². The van der Waals surface area contributed by atoms with E-state index < -0.39 is 5.97 Å². The summed E-state index contributed by atoms with van der Waals surface area (Å²) < 4.78 is 4.77. The van der Waals surface area contributed by atoms with E-state index in [9.17, 15) is 9.59 Å². The third kappa shape index (κ3) is 4.38. The number of nitrogens with one attached hydrogen (secondary N) is 2. The average Bonchev–Trinajstić information content (AvgIpc) is 2.87. The van der Waals surface area contributed by atoms with Gasteiger partial charge in [0.2, 0.25) is 0 Å². The van der Waals surface area contributed by atoms with Gasteiger partial charge in [-0.05, 0) is 64.2 Å². The number of H-pyrrole nitrogens is 1. The van der Waals surface area contributed by atoms with Crippen LogP contribution in [-0.4, -0.2) is 55.0 Å². The zero-order chi connectivity index (χ0) is 17.7. The van der Waals surface area contributed by atoms with Crippen LogP contribution in [0.1, 0.15) is 58.3 Å². The number of methoxy groups -OCH3 is 1. The zero-order valence-corrected chi connectivity index (χ0v) is 15.2. The van der Waals surface area contributed by atoms with Gasteiger partial charge < -0.3 is 19.9 Å². The second-order valence-electron chi connectivity index (χ2n) is 6.75. The van der Waals surface area contributed by atoms with Crippen LogP contribution in [0.4, 0.5) is 0 Å². The number of aromatic nitrogens is 1. The van der Waals surface area contributed by atoms with Crippen molar-refractivity contribution in [3.8, 4) is 0 Å². The first-order chi connectivity index (χ1) is 11.4. The van der Waals surface area contributed by atoms with Crippen molar-refractivity contribution >= 4 is 11.9 Å². The van der Waals surface area contributed by atoms with Crippen LogP contribution >= 0.6 is 0 Å². The van der Waals surface area contributed by atoms with Crippen molar-refractivity contribution in [1.82, 2.24) is 15.2 Å². The number of amides is 1. The quantitative estimate of drug-likeness (QED) is 0.618. The van der Waals surface area contributed by atoms with Crippen molar-refractivity contribution in [1.29, 1.82) is 0 Å². The number of carbonyl (C=O) groups excluding carboxylic acids is 2. The molecule has 0 saturated carbocycles. The molecule has 1 fully saturated rings. The first-order valence-electron chi connectivity index (χ1n) is 8.72. The monoisotopic (exact) mass is 335 g/mol. The minimum Gasteiger partial charge on any atom is -0.465 e. The molecule has 1 amide bonds. The fraction of sp³-hybridized carbons (Fsp3) is 0.667. The van der Waals surface area contributed by atoms with Crippen molar-refractivity contribution in [2.45, 2.75) is 40.0 Å². The molecule has 2 rings (SSSR count). The normalized spacial score (nSPS) is 16.2. The molecule has 134 valence electrons. The summed E-state index contributed by atoms with van der Waals surface area (Å²) in [6.45, 7) is 9.81. The predicted molar refractivity (Wildman–Crippen MR) is 93.4 cm³/mol. The van der Waals surface area contributed by atoms with Gasteiger partial charge in [0, 0.05) is 12.2 Å². The summed E-state index contributed by atoms with van der Waals surface area (Å²) in [5.41, 5.74) is 2.19. The molecule has 0 unspecified atom stereocenters. The molecule has 0 atom stereocenters. The Morgan fingerprint density at radius 1 is 1.29 bits per heavy atom. The number of carbonyl (C=O) groups is 2. The van der Waals surface area contributed by atoms with Gasteiger partial charge in [0.1, 0.15) is 5.69 Å². The molecule has 24 heavy (non-hydrogen) atoms. The van der Waals surface area contributed by atoms with E-state index in [4.69, 9.17) is 4.74 Å². The van der Waals surface area contributed by atoms with E-state index in [1.165, 1.54) is 20.0 Å². The topological polar surface area (TPSA) is 74.4 Å². The van der Waals surface area contributed by atoms with Gasteiger partial charge in [0.15, 0.2) is 0 Å². The highest BCUT2D eigenvalue weighted by atomic mass is 16.5. The zero-order valence-electron chi connectivity index (χ0n) is 15.2. The Balaban J connectivity index is 1.82. The molecule has 0 radical (unpaired) electrons. The lowest BCUT2D eigenvalue weighted by molar-refractivity contribution is 0.0599. The van der Waals surface area contributed by atoms with E-state index in [0.717, 1.165) is 32.0 Å². The first-order valence-corrected chi connectivity index (χ1v) is 8.72. The van der Waals surface area contributed by atoms with Gasteiger partial charge in [-0.25, -0.2) is 4.79 Å². The molecule has 1 aromatic heterocycles. The van der Waals surface area contributed by atoms with Crippen molar-refractivity contribution in [2.75, 3.05) is 33.3 Å². The molecule has 1 saturated heterocycles. The summed E-state index contributed by atoms with van der Waals surface area (Å²) in [7, 11) is 1.34. The summed E-state index contributed by atoms with van der Waals surface area (Å²) in [4.78, 5) is 29.6.